The van der Waals surface area contributed by atoms with E-state index < -0.39 is 10.7 Å². The van der Waals surface area contributed by atoms with Gasteiger partial charge in [-0.15, -0.1) is 0 Å². The Hall–Kier alpha value is -2.35. The lowest BCUT2D eigenvalue weighted by Crippen LogP contribution is -1.91. The Kier molecular flexibility index (Phi) is 2.94. The van der Waals surface area contributed by atoms with Crippen molar-refractivity contribution in [3.63, 3.8) is 0 Å². The van der Waals surface area contributed by atoms with Crippen molar-refractivity contribution in [1.82, 2.24) is 14.4 Å². The van der Waals surface area contributed by atoms with Gasteiger partial charge in [-0.05, 0) is 22.0 Å². The molecule has 3 aromatic rings. The van der Waals surface area contributed by atoms with E-state index in [0.29, 0.717) is 5.78 Å². The van der Waals surface area contributed by atoms with Crippen LogP contribution < -0.4 is 0 Å². The summed E-state index contributed by atoms with van der Waals surface area (Å²) in [4.78, 5) is 18.4. The second kappa shape index (κ2) is 4.64. The van der Waals surface area contributed by atoms with E-state index in [9.17, 15) is 14.5 Å². The molecule has 0 aliphatic heterocycles. The average molecular weight is 337 g/mol. The number of imidazole rings is 1. The maximum Gasteiger partial charge on any atom is 0.270 e. The molecule has 6 nitrogen and oxygen atoms in total. The summed E-state index contributed by atoms with van der Waals surface area (Å²) in [5.74, 6) is -0.188. The summed E-state index contributed by atoms with van der Waals surface area (Å²) in [6.07, 6.45) is 4.85. The van der Waals surface area contributed by atoms with Crippen LogP contribution in [0.4, 0.5) is 10.1 Å². The van der Waals surface area contributed by atoms with Crippen LogP contribution in [0.15, 0.2) is 41.3 Å². The van der Waals surface area contributed by atoms with E-state index in [4.69, 9.17) is 0 Å². The molecule has 100 valence electrons. The number of halogens is 2. The number of rotatable bonds is 2. The van der Waals surface area contributed by atoms with Crippen molar-refractivity contribution in [1.29, 1.82) is 0 Å². The third-order valence-electron chi connectivity index (χ3n) is 2.72. The van der Waals surface area contributed by atoms with E-state index in [1.54, 1.807) is 23.0 Å². The van der Waals surface area contributed by atoms with E-state index in [2.05, 4.69) is 25.9 Å². The smallest absolute Gasteiger partial charge is 0.270 e. The van der Waals surface area contributed by atoms with Crippen LogP contribution >= 0.6 is 15.9 Å². The second-order valence-electron chi connectivity index (χ2n) is 4.03. The van der Waals surface area contributed by atoms with E-state index in [-0.39, 0.29) is 16.9 Å². The molecule has 1 aromatic carbocycles. The Bertz CT molecular complexity index is 833. The molecule has 2 heterocycles. The largest absolute Gasteiger partial charge is 0.289 e. The zero-order valence-corrected chi connectivity index (χ0v) is 11.4. The third-order valence-corrected chi connectivity index (χ3v) is 3.12. The molecular weight excluding hydrogens is 331 g/mol. The van der Waals surface area contributed by atoms with Gasteiger partial charge in [-0.2, -0.15) is 0 Å². The first-order valence-electron chi connectivity index (χ1n) is 5.49. The molecule has 0 saturated carbocycles. The van der Waals surface area contributed by atoms with Gasteiger partial charge in [-0.1, -0.05) is 0 Å². The van der Waals surface area contributed by atoms with Crippen molar-refractivity contribution in [2.24, 2.45) is 0 Å². The average Bonchev–Trinajstić information content (AvgIpc) is 2.81. The van der Waals surface area contributed by atoms with Gasteiger partial charge in [0.15, 0.2) is 0 Å². The molecule has 0 bridgehead atoms. The summed E-state index contributed by atoms with van der Waals surface area (Å²) in [5, 5.41) is 10.8. The molecule has 0 fully saturated rings. The van der Waals surface area contributed by atoms with Gasteiger partial charge in [-0.3, -0.25) is 14.5 Å². The Morgan fingerprint density at radius 2 is 2.15 bits per heavy atom. The summed E-state index contributed by atoms with van der Waals surface area (Å²) in [6.45, 7) is 0. The Balaban J connectivity index is 2.19. The van der Waals surface area contributed by atoms with Crippen LogP contribution in [-0.4, -0.2) is 19.3 Å². The minimum atomic E-state index is -0.576. The first kappa shape index (κ1) is 12.7. The van der Waals surface area contributed by atoms with Crippen LogP contribution in [0.3, 0.4) is 0 Å². The van der Waals surface area contributed by atoms with Crippen LogP contribution in [0.1, 0.15) is 0 Å². The highest BCUT2D eigenvalue weighted by atomic mass is 79.9. The number of benzene rings is 1. The predicted octanol–water partition coefficient (Wildman–Crippen LogP) is 3.21. The number of nitro benzene ring substituents is 1. The van der Waals surface area contributed by atoms with Gasteiger partial charge in [0.2, 0.25) is 5.78 Å². The fourth-order valence-corrected chi connectivity index (χ4v) is 2.14. The molecule has 8 heteroatoms. The number of aromatic nitrogens is 3. The number of hydrogen-bond donors (Lipinski definition) is 0. The minimum Gasteiger partial charge on any atom is -0.289 e. The van der Waals surface area contributed by atoms with E-state index in [1.165, 1.54) is 0 Å². The van der Waals surface area contributed by atoms with Gasteiger partial charge in [-0.25, -0.2) is 14.4 Å². The summed E-state index contributed by atoms with van der Waals surface area (Å²) in [5.41, 5.74) is 0.171. The van der Waals surface area contributed by atoms with Gasteiger partial charge < -0.3 is 0 Å². The first-order chi connectivity index (χ1) is 9.54. The van der Waals surface area contributed by atoms with Crippen LogP contribution in [0.2, 0.25) is 0 Å². The molecule has 0 atom stereocenters. The zero-order chi connectivity index (χ0) is 14.3. The highest BCUT2D eigenvalue weighted by Gasteiger charge is 2.15. The molecular formula is C12H6BrFN4O2. The van der Waals surface area contributed by atoms with Crippen LogP contribution in [0, 0.1) is 15.9 Å². The monoisotopic (exact) mass is 336 g/mol. The van der Waals surface area contributed by atoms with Crippen molar-refractivity contribution < 1.29 is 9.31 Å². The van der Waals surface area contributed by atoms with Gasteiger partial charge in [0.1, 0.15) is 5.82 Å². The number of non-ortho nitro benzene ring substituents is 1. The van der Waals surface area contributed by atoms with E-state index in [0.717, 1.165) is 22.7 Å². The van der Waals surface area contributed by atoms with Crippen LogP contribution in [0.25, 0.3) is 17.0 Å². The normalized spacial score (nSPS) is 10.9. The summed E-state index contributed by atoms with van der Waals surface area (Å²) >= 11 is 3.27. The highest BCUT2D eigenvalue weighted by molar-refractivity contribution is 9.10. The molecule has 0 unspecified atom stereocenters. The van der Waals surface area contributed by atoms with Crippen LogP contribution in [-0.2, 0) is 0 Å². The Labute approximate surface area is 120 Å². The fraction of sp³-hybridized carbons (Fsp3) is 0. The lowest BCUT2D eigenvalue weighted by molar-refractivity contribution is -0.384. The van der Waals surface area contributed by atoms with Gasteiger partial charge in [0.05, 0.1) is 15.1 Å². The number of fused-ring (bicyclic) bond motifs is 1. The van der Waals surface area contributed by atoms with Gasteiger partial charge in [0, 0.05) is 36.3 Å². The number of nitro groups is 1. The lowest BCUT2D eigenvalue weighted by Gasteiger charge is -1.98. The van der Waals surface area contributed by atoms with Crippen molar-refractivity contribution in [2.45, 2.75) is 0 Å². The predicted molar refractivity (Wildman–Crippen MR) is 72.7 cm³/mol. The molecule has 0 spiro atoms. The maximum atomic E-state index is 13.8. The molecule has 0 amide bonds. The van der Waals surface area contributed by atoms with E-state index in [1.807, 2.05) is 0 Å². The maximum absolute atomic E-state index is 13.8. The SMILES string of the molecule is O=[N+]([O-])c1ccc(F)c(-c2cn3cc(Br)cnc3n2)c1. The first-order valence-corrected chi connectivity index (χ1v) is 6.28. The molecule has 3 rings (SSSR count). The van der Waals surface area contributed by atoms with E-state index >= 15 is 0 Å². The molecule has 0 radical (unpaired) electrons. The zero-order valence-electron chi connectivity index (χ0n) is 9.83. The van der Waals surface area contributed by atoms with Gasteiger partial charge in [0.25, 0.3) is 5.69 Å². The topological polar surface area (TPSA) is 73.3 Å². The van der Waals surface area contributed by atoms with Crippen molar-refractivity contribution in [3.8, 4) is 11.3 Å². The summed E-state index contributed by atoms with van der Waals surface area (Å²) < 4.78 is 16.2. The summed E-state index contributed by atoms with van der Waals surface area (Å²) in [6, 6.07) is 3.33. The molecule has 0 aliphatic rings. The van der Waals surface area contributed by atoms with Gasteiger partial charge >= 0.3 is 0 Å². The third kappa shape index (κ3) is 2.14. The quantitative estimate of drug-likeness (QED) is 0.532. The van der Waals surface area contributed by atoms with Crippen LogP contribution in [0.5, 0.6) is 0 Å². The highest BCUT2D eigenvalue weighted by Crippen LogP contribution is 2.26. The molecule has 20 heavy (non-hydrogen) atoms. The van der Waals surface area contributed by atoms with Crippen molar-refractivity contribution >= 4 is 27.4 Å². The molecule has 2 aromatic heterocycles. The molecule has 0 aliphatic carbocycles. The fourth-order valence-electron chi connectivity index (χ4n) is 1.81. The molecule has 0 saturated heterocycles. The number of hydrogen-bond acceptors (Lipinski definition) is 4. The van der Waals surface area contributed by atoms with Crippen molar-refractivity contribution in [3.05, 3.63) is 57.2 Å². The Morgan fingerprint density at radius 3 is 2.90 bits per heavy atom. The molecule has 0 N–H and O–H groups in total. The lowest BCUT2D eigenvalue weighted by atomic mass is 10.1. The van der Waals surface area contributed by atoms with Crippen molar-refractivity contribution in [2.75, 3.05) is 0 Å². The minimum absolute atomic E-state index is 0.0702. The number of nitrogens with zero attached hydrogens (tertiary/aromatic N) is 4. The second-order valence-corrected chi connectivity index (χ2v) is 4.94. The summed E-state index contributed by atoms with van der Waals surface area (Å²) in [7, 11) is 0. The standard InChI is InChI=1S/C12H6BrFN4O2/c13-7-4-15-12-16-11(6-17(12)5-7)9-3-8(18(19)20)1-2-10(9)14/h1-6H. The Morgan fingerprint density at radius 1 is 1.35 bits per heavy atom.